The second kappa shape index (κ2) is 10.4. The maximum absolute atomic E-state index is 12.8. The molecule has 1 aliphatic heterocycles. The number of hydrogen-bond acceptors (Lipinski definition) is 5. The first-order valence-electron chi connectivity index (χ1n) is 10.9. The van der Waals surface area contributed by atoms with Gasteiger partial charge in [-0.15, -0.1) is 0 Å². The molecule has 0 spiro atoms. The smallest absolute Gasteiger partial charge is 0.410 e. The van der Waals surface area contributed by atoms with E-state index < -0.39 is 15.6 Å². The van der Waals surface area contributed by atoms with E-state index in [1.54, 1.807) is 35.2 Å². The SMILES string of the molecule is CC(C)(C)OC(=O)N(CCCCNS(=O)(=O)c1ccccc1)CC1Cc2ccccc2O1. The van der Waals surface area contributed by atoms with Crippen LogP contribution in [0.15, 0.2) is 59.5 Å². The van der Waals surface area contributed by atoms with Gasteiger partial charge in [-0.2, -0.15) is 0 Å². The van der Waals surface area contributed by atoms with Crippen LogP contribution in [0.3, 0.4) is 0 Å². The Hall–Kier alpha value is -2.58. The third-order valence-electron chi connectivity index (χ3n) is 4.99. The van der Waals surface area contributed by atoms with Crippen LogP contribution in [0.2, 0.25) is 0 Å². The first-order valence-corrected chi connectivity index (χ1v) is 12.4. The summed E-state index contributed by atoms with van der Waals surface area (Å²) in [5.41, 5.74) is 0.539. The number of nitrogens with one attached hydrogen (secondary N) is 1. The molecular weight excluding hydrogens is 428 g/mol. The lowest BCUT2D eigenvalue weighted by atomic mass is 10.1. The molecule has 0 saturated heterocycles. The van der Waals surface area contributed by atoms with Gasteiger partial charge in [-0.25, -0.2) is 17.9 Å². The normalized spacial score (nSPS) is 15.7. The van der Waals surface area contributed by atoms with Crippen molar-refractivity contribution >= 4 is 16.1 Å². The predicted molar refractivity (Wildman–Crippen MR) is 123 cm³/mol. The number of para-hydroxylation sites is 1. The van der Waals surface area contributed by atoms with E-state index in [-0.39, 0.29) is 17.1 Å². The van der Waals surface area contributed by atoms with Gasteiger partial charge < -0.3 is 14.4 Å². The van der Waals surface area contributed by atoms with Crippen LogP contribution in [0, 0.1) is 0 Å². The van der Waals surface area contributed by atoms with E-state index in [1.165, 1.54) is 0 Å². The van der Waals surface area contributed by atoms with Gasteiger partial charge in [-0.05, 0) is 57.4 Å². The number of fused-ring (bicyclic) bond motifs is 1. The molecule has 8 heteroatoms. The number of ether oxygens (including phenoxy) is 2. The van der Waals surface area contributed by atoms with Crippen LogP contribution < -0.4 is 9.46 Å². The summed E-state index contributed by atoms with van der Waals surface area (Å²) >= 11 is 0. The highest BCUT2D eigenvalue weighted by Gasteiger charge is 2.29. The maximum atomic E-state index is 12.8. The number of carbonyl (C=O) groups excluding carboxylic acids is 1. The molecule has 2 aromatic carbocycles. The first-order chi connectivity index (χ1) is 15.1. The fourth-order valence-electron chi connectivity index (χ4n) is 3.50. The van der Waals surface area contributed by atoms with Crippen molar-refractivity contribution in [1.82, 2.24) is 9.62 Å². The van der Waals surface area contributed by atoms with E-state index in [1.807, 2.05) is 45.0 Å². The third kappa shape index (κ3) is 6.97. The van der Waals surface area contributed by atoms with Crippen molar-refractivity contribution in [2.24, 2.45) is 0 Å². The topological polar surface area (TPSA) is 84.9 Å². The number of amides is 1. The van der Waals surface area contributed by atoms with Gasteiger partial charge in [0, 0.05) is 19.5 Å². The highest BCUT2D eigenvalue weighted by atomic mass is 32.2. The van der Waals surface area contributed by atoms with Crippen LogP contribution in [0.1, 0.15) is 39.2 Å². The van der Waals surface area contributed by atoms with E-state index in [0.717, 1.165) is 17.7 Å². The predicted octanol–water partition coefficient (Wildman–Crippen LogP) is 3.99. The van der Waals surface area contributed by atoms with Crippen molar-refractivity contribution in [2.75, 3.05) is 19.6 Å². The lowest BCUT2D eigenvalue weighted by molar-refractivity contribution is 0.0179. The van der Waals surface area contributed by atoms with Crippen molar-refractivity contribution in [1.29, 1.82) is 0 Å². The van der Waals surface area contributed by atoms with Crippen molar-refractivity contribution in [2.45, 2.75) is 56.6 Å². The minimum absolute atomic E-state index is 0.128. The summed E-state index contributed by atoms with van der Waals surface area (Å²) in [5, 5.41) is 0. The Labute approximate surface area is 190 Å². The largest absolute Gasteiger partial charge is 0.488 e. The Bertz CT molecular complexity index is 978. The fourth-order valence-corrected chi connectivity index (χ4v) is 4.60. The van der Waals surface area contributed by atoms with Crippen LogP contribution in [0.4, 0.5) is 4.79 Å². The summed E-state index contributed by atoms with van der Waals surface area (Å²) in [5.74, 6) is 0.858. The average Bonchev–Trinajstić information content (AvgIpc) is 3.14. The average molecular weight is 461 g/mol. The minimum Gasteiger partial charge on any atom is -0.488 e. The van der Waals surface area contributed by atoms with Gasteiger partial charge in [0.2, 0.25) is 10.0 Å². The molecule has 32 heavy (non-hydrogen) atoms. The van der Waals surface area contributed by atoms with E-state index in [2.05, 4.69) is 4.72 Å². The summed E-state index contributed by atoms with van der Waals surface area (Å²) < 4.78 is 38.8. The Morgan fingerprint density at radius 1 is 1.09 bits per heavy atom. The molecule has 0 radical (unpaired) electrons. The van der Waals surface area contributed by atoms with Crippen molar-refractivity contribution < 1.29 is 22.7 Å². The quantitative estimate of drug-likeness (QED) is 0.572. The highest BCUT2D eigenvalue weighted by Crippen LogP contribution is 2.28. The van der Waals surface area contributed by atoms with E-state index >= 15 is 0 Å². The van der Waals surface area contributed by atoms with Crippen molar-refractivity contribution in [3.8, 4) is 5.75 Å². The van der Waals surface area contributed by atoms with E-state index in [0.29, 0.717) is 32.5 Å². The Morgan fingerprint density at radius 3 is 2.47 bits per heavy atom. The molecule has 1 amide bonds. The van der Waals surface area contributed by atoms with Gasteiger partial charge in [-0.1, -0.05) is 36.4 Å². The minimum atomic E-state index is -3.53. The third-order valence-corrected chi connectivity index (χ3v) is 6.47. The lowest BCUT2D eigenvalue weighted by Crippen LogP contribution is -2.42. The molecule has 1 aliphatic rings. The van der Waals surface area contributed by atoms with Crippen molar-refractivity contribution in [3.05, 3.63) is 60.2 Å². The van der Waals surface area contributed by atoms with E-state index in [4.69, 9.17) is 9.47 Å². The second-order valence-electron chi connectivity index (χ2n) is 8.90. The molecule has 0 aliphatic carbocycles. The number of nitrogens with zero attached hydrogens (tertiary/aromatic N) is 1. The molecule has 0 bridgehead atoms. The number of benzene rings is 2. The number of rotatable bonds is 9. The molecular formula is C24H32N2O5S. The van der Waals surface area contributed by atoms with Crippen LogP contribution in [-0.2, 0) is 21.2 Å². The van der Waals surface area contributed by atoms with Gasteiger partial charge >= 0.3 is 6.09 Å². The Kier molecular flexibility index (Phi) is 7.79. The molecule has 0 aromatic heterocycles. The summed E-state index contributed by atoms with van der Waals surface area (Å²) in [6.07, 6.45) is 1.46. The van der Waals surface area contributed by atoms with Gasteiger partial charge in [0.05, 0.1) is 11.4 Å². The molecule has 0 fully saturated rings. The summed E-state index contributed by atoms with van der Waals surface area (Å²) in [7, 11) is -3.53. The molecule has 3 rings (SSSR count). The molecule has 1 heterocycles. The highest BCUT2D eigenvalue weighted by molar-refractivity contribution is 7.89. The van der Waals surface area contributed by atoms with Crippen LogP contribution in [-0.4, -0.2) is 50.8 Å². The fraction of sp³-hybridized carbons (Fsp3) is 0.458. The van der Waals surface area contributed by atoms with Crippen molar-refractivity contribution in [3.63, 3.8) is 0 Å². The number of unbranched alkanes of at least 4 members (excludes halogenated alkanes) is 1. The van der Waals surface area contributed by atoms with Gasteiger partial charge in [-0.3, -0.25) is 0 Å². The molecule has 7 nitrogen and oxygen atoms in total. The Balaban J connectivity index is 1.52. The van der Waals surface area contributed by atoms with Crippen LogP contribution in [0.5, 0.6) is 5.75 Å². The summed E-state index contributed by atoms with van der Waals surface area (Å²) in [4.78, 5) is 14.7. The van der Waals surface area contributed by atoms with Gasteiger partial charge in [0.1, 0.15) is 17.5 Å². The molecule has 1 atom stereocenters. The zero-order chi connectivity index (χ0) is 23.2. The van der Waals surface area contributed by atoms with Gasteiger partial charge in [0.25, 0.3) is 0 Å². The number of carbonyl (C=O) groups is 1. The first kappa shape index (κ1) is 24.1. The van der Waals surface area contributed by atoms with Crippen LogP contribution >= 0.6 is 0 Å². The lowest BCUT2D eigenvalue weighted by Gasteiger charge is -2.29. The summed E-state index contributed by atoms with van der Waals surface area (Å²) in [6, 6.07) is 16.2. The monoisotopic (exact) mass is 460 g/mol. The van der Waals surface area contributed by atoms with Crippen LogP contribution in [0.25, 0.3) is 0 Å². The molecule has 0 saturated carbocycles. The zero-order valence-corrected chi connectivity index (χ0v) is 19.7. The molecule has 1 unspecified atom stereocenters. The molecule has 2 aromatic rings. The summed E-state index contributed by atoms with van der Waals surface area (Å²) in [6.45, 7) is 6.68. The second-order valence-corrected chi connectivity index (χ2v) is 10.7. The molecule has 1 N–H and O–H groups in total. The number of sulfonamides is 1. The zero-order valence-electron chi connectivity index (χ0n) is 18.9. The molecule has 174 valence electrons. The van der Waals surface area contributed by atoms with Gasteiger partial charge in [0.15, 0.2) is 0 Å². The standard InChI is InChI=1S/C24H32N2O5S/c1-24(2,3)31-23(27)26(18-20-17-19-11-7-8-14-22(19)30-20)16-10-9-15-25-32(28,29)21-12-5-4-6-13-21/h4-8,11-14,20,25H,9-10,15-18H2,1-3H3. The van der Waals surface area contributed by atoms with E-state index in [9.17, 15) is 13.2 Å². The maximum Gasteiger partial charge on any atom is 0.410 e. The number of hydrogen-bond donors (Lipinski definition) is 1. The Morgan fingerprint density at radius 2 is 1.78 bits per heavy atom.